The van der Waals surface area contributed by atoms with Gasteiger partial charge in [-0.15, -0.1) is 0 Å². The molecule has 1 amide bonds. The lowest BCUT2D eigenvalue weighted by Crippen LogP contribution is -2.33. The third-order valence-corrected chi connectivity index (χ3v) is 4.29. The van der Waals surface area contributed by atoms with Crippen molar-refractivity contribution in [2.75, 3.05) is 7.05 Å². The van der Waals surface area contributed by atoms with Gasteiger partial charge in [0.25, 0.3) is 0 Å². The number of halogens is 1. The number of rotatable bonds is 4. The molecule has 0 saturated heterocycles. The summed E-state index contributed by atoms with van der Waals surface area (Å²) in [5.74, 6) is 0.0215. The molecule has 0 aliphatic carbocycles. The lowest BCUT2D eigenvalue weighted by Gasteiger charge is -2.21. The monoisotopic (exact) mass is 353 g/mol. The summed E-state index contributed by atoms with van der Waals surface area (Å²) in [5, 5.41) is 8.64. The minimum Gasteiger partial charge on any atom is -0.339 e. The maximum Gasteiger partial charge on any atom is 0.247 e. The van der Waals surface area contributed by atoms with Crippen LogP contribution in [0.3, 0.4) is 0 Å². The van der Waals surface area contributed by atoms with Gasteiger partial charge in [0, 0.05) is 38.6 Å². The fourth-order valence-electron chi connectivity index (χ4n) is 2.23. The van der Waals surface area contributed by atoms with Gasteiger partial charge in [0.15, 0.2) is 0 Å². The third kappa shape index (κ3) is 3.34. The van der Waals surface area contributed by atoms with Crippen LogP contribution in [0, 0.1) is 13.8 Å². The molecule has 6 nitrogen and oxygen atoms in total. The Morgan fingerprint density at radius 2 is 2.00 bits per heavy atom. The molecule has 0 N–H and O–H groups in total. The lowest BCUT2D eigenvalue weighted by atomic mass is 10.2. The Balaban J connectivity index is 2.10. The summed E-state index contributed by atoms with van der Waals surface area (Å²) in [6, 6.07) is -0.336. The quantitative estimate of drug-likeness (QED) is 0.846. The van der Waals surface area contributed by atoms with Gasteiger partial charge in [-0.1, -0.05) is 0 Å². The van der Waals surface area contributed by atoms with Crippen molar-refractivity contribution in [1.29, 1.82) is 0 Å². The Hall–Kier alpha value is -1.63. The second-order valence-electron chi connectivity index (χ2n) is 5.33. The van der Waals surface area contributed by atoms with Gasteiger partial charge in [0.2, 0.25) is 5.91 Å². The highest BCUT2D eigenvalue weighted by molar-refractivity contribution is 9.10. The van der Waals surface area contributed by atoms with E-state index in [-0.39, 0.29) is 11.9 Å². The van der Waals surface area contributed by atoms with Gasteiger partial charge < -0.3 is 4.90 Å². The van der Waals surface area contributed by atoms with Crippen LogP contribution in [-0.4, -0.2) is 37.4 Å². The third-order valence-electron chi connectivity index (χ3n) is 3.51. The van der Waals surface area contributed by atoms with Gasteiger partial charge in [0.05, 0.1) is 15.9 Å². The zero-order valence-corrected chi connectivity index (χ0v) is 14.5. The fourth-order valence-corrected chi connectivity index (χ4v) is 2.52. The topological polar surface area (TPSA) is 56.0 Å². The van der Waals surface area contributed by atoms with Gasteiger partial charge in [-0.05, 0) is 36.7 Å². The number of carbonyl (C=O) groups excluding carboxylic acids is 1. The largest absolute Gasteiger partial charge is 0.339 e. The molecule has 0 aromatic carbocycles. The summed E-state index contributed by atoms with van der Waals surface area (Å²) in [6.45, 7) is 6.25. The van der Waals surface area contributed by atoms with Crippen LogP contribution in [-0.2, 0) is 18.4 Å². The summed E-state index contributed by atoms with van der Waals surface area (Å²) >= 11 is 3.42. The molecule has 2 aromatic heterocycles. The van der Waals surface area contributed by atoms with Crippen molar-refractivity contribution in [3.05, 3.63) is 33.8 Å². The summed E-state index contributed by atoms with van der Waals surface area (Å²) in [5.41, 5.74) is 2.88. The van der Waals surface area contributed by atoms with Crippen LogP contribution in [0.4, 0.5) is 0 Å². The predicted octanol–water partition coefficient (Wildman–Crippen LogP) is 2.22. The van der Waals surface area contributed by atoms with Crippen LogP contribution >= 0.6 is 15.9 Å². The van der Waals surface area contributed by atoms with E-state index in [9.17, 15) is 4.79 Å². The molecule has 2 heterocycles. The Labute approximate surface area is 132 Å². The summed E-state index contributed by atoms with van der Waals surface area (Å²) in [4.78, 5) is 14.2. The number of hydrogen-bond donors (Lipinski definition) is 0. The number of aryl methyl sites for hydroxylation is 3. The average molecular weight is 354 g/mol. The zero-order valence-electron chi connectivity index (χ0n) is 13.0. The number of likely N-dealkylation sites (N-methyl/N-ethyl adjacent to an activating group) is 1. The maximum atomic E-state index is 12.5. The van der Waals surface area contributed by atoms with Crippen LogP contribution in [0.15, 0.2) is 16.9 Å². The molecule has 114 valence electrons. The fraction of sp³-hybridized carbons (Fsp3) is 0.500. The second-order valence-corrected chi connectivity index (χ2v) is 6.18. The Bertz CT molecular complexity index is 641. The maximum absolute atomic E-state index is 12.5. The number of aromatic nitrogens is 4. The lowest BCUT2D eigenvalue weighted by molar-refractivity contribution is -0.133. The van der Waals surface area contributed by atoms with Crippen molar-refractivity contribution in [3.63, 3.8) is 0 Å². The Morgan fingerprint density at radius 1 is 1.33 bits per heavy atom. The van der Waals surface area contributed by atoms with Crippen molar-refractivity contribution in [3.8, 4) is 0 Å². The molecule has 2 aromatic rings. The van der Waals surface area contributed by atoms with E-state index in [4.69, 9.17) is 0 Å². The molecule has 0 aliphatic rings. The van der Waals surface area contributed by atoms with Crippen molar-refractivity contribution in [1.82, 2.24) is 24.5 Å². The van der Waals surface area contributed by atoms with Gasteiger partial charge in [-0.3, -0.25) is 14.2 Å². The van der Waals surface area contributed by atoms with Crippen molar-refractivity contribution >= 4 is 21.8 Å². The Kier molecular flexibility index (Phi) is 4.51. The van der Waals surface area contributed by atoms with Gasteiger partial charge >= 0.3 is 0 Å². The highest BCUT2D eigenvalue weighted by Gasteiger charge is 2.21. The van der Waals surface area contributed by atoms with E-state index in [1.165, 1.54) is 0 Å². The van der Waals surface area contributed by atoms with Crippen LogP contribution in [0.1, 0.15) is 29.9 Å². The summed E-state index contributed by atoms with van der Waals surface area (Å²) < 4.78 is 4.36. The minimum absolute atomic E-state index is 0.0215. The molecule has 0 spiro atoms. The molecular formula is C14H20BrN5O. The molecule has 0 unspecified atom stereocenters. The number of nitrogens with zero attached hydrogens (tertiary/aromatic N) is 5. The first-order valence-corrected chi connectivity index (χ1v) is 7.54. The van der Waals surface area contributed by atoms with Crippen molar-refractivity contribution in [2.24, 2.45) is 7.05 Å². The molecule has 0 saturated carbocycles. The molecule has 0 fully saturated rings. The number of amides is 1. The zero-order chi connectivity index (χ0) is 15.7. The smallest absolute Gasteiger partial charge is 0.247 e. The summed E-state index contributed by atoms with van der Waals surface area (Å²) in [7, 11) is 3.68. The van der Waals surface area contributed by atoms with Crippen LogP contribution in [0.5, 0.6) is 0 Å². The van der Waals surface area contributed by atoms with E-state index >= 15 is 0 Å². The second kappa shape index (κ2) is 6.01. The van der Waals surface area contributed by atoms with Gasteiger partial charge in [-0.25, -0.2) is 0 Å². The van der Waals surface area contributed by atoms with Crippen LogP contribution in [0.25, 0.3) is 0 Å². The van der Waals surface area contributed by atoms with E-state index in [0.717, 1.165) is 21.4 Å². The standard InChI is InChI=1S/C14H20BrN5O/c1-9-12(7-19(5)16-9)6-18(4)14(21)11(3)20-8-13(15)10(2)17-20/h7-8,11H,6H2,1-5H3/t11-/m0/s1. The SMILES string of the molecule is Cc1nn([C@@H](C)C(=O)N(C)Cc2cn(C)nc2C)cc1Br. The number of hydrogen-bond acceptors (Lipinski definition) is 3. The Morgan fingerprint density at radius 3 is 2.48 bits per heavy atom. The molecule has 2 rings (SSSR count). The first kappa shape index (κ1) is 15.8. The van der Waals surface area contributed by atoms with Gasteiger partial charge in [-0.2, -0.15) is 10.2 Å². The molecular weight excluding hydrogens is 334 g/mol. The highest BCUT2D eigenvalue weighted by atomic mass is 79.9. The first-order valence-electron chi connectivity index (χ1n) is 6.75. The normalized spacial score (nSPS) is 12.5. The first-order chi connectivity index (χ1) is 9.79. The molecule has 0 radical (unpaired) electrons. The van der Waals surface area contributed by atoms with E-state index in [0.29, 0.717) is 6.54 Å². The van der Waals surface area contributed by atoms with Crippen molar-refractivity contribution < 1.29 is 4.79 Å². The van der Waals surface area contributed by atoms with E-state index in [1.807, 2.05) is 40.2 Å². The molecule has 21 heavy (non-hydrogen) atoms. The van der Waals surface area contributed by atoms with E-state index in [1.54, 1.807) is 21.3 Å². The predicted molar refractivity (Wildman–Crippen MR) is 83.8 cm³/mol. The number of carbonyl (C=O) groups is 1. The average Bonchev–Trinajstić information content (AvgIpc) is 2.91. The molecule has 7 heteroatoms. The molecule has 0 aliphatic heterocycles. The van der Waals surface area contributed by atoms with Crippen LogP contribution in [0.2, 0.25) is 0 Å². The van der Waals surface area contributed by atoms with E-state index in [2.05, 4.69) is 26.1 Å². The van der Waals surface area contributed by atoms with Crippen LogP contribution < -0.4 is 0 Å². The minimum atomic E-state index is -0.336. The van der Waals surface area contributed by atoms with E-state index < -0.39 is 0 Å². The summed E-state index contributed by atoms with van der Waals surface area (Å²) in [6.07, 6.45) is 3.78. The molecule has 0 bridgehead atoms. The van der Waals surface area contributed by atoms with Gasteiger partial charge in [0.1, 0.15) is 6.04 Å². The highest BCUT2D eigenvalue weighted by Crippen LogP contribution is 2.18. The molecule has 1 atom stereocenters. The van der Waals surface area contributed by atoms with Crippen molar-refractivity contribution in [2.45, 2.75) is 33.4 Å².